The Kier molecular flexibility index (Phi) is 3.25. The molecule has 4 nitrogen and oxygen atoms in total. The summed E-state index contributed by atoms with van der Waals surface area (Å²) >= 11 is 0. The first-order valence-corrected chi connectivity index (χ1v) is 4.10. The molecule has 0 aliphatic rings. The molecule has 1 N–H and O–H groups in total. The van der Waals surface area contributed by atoms with Gasteiger partial charge in [-0.05, 0) is 12.5 Å². The third-order valence-electron chi connectivity index (χ3n) is 1.48. The van der Waals surface area contributed by atoms with Gasteiger partial charge in [-0.1, -0.05) is 24.6 Å². The smallest absolute Gasteiger partial charge is 0.358 e. The molecule has 0 unspecified atom stereocenters. The molecule has 0 aromatic carbocycles. The number of unbranched alkanes of at least 4 members (excludes halogenated alkanes) is 1. The van der Waals surface area contributed by atoms with Crippen molar-refractivity contribution in [2.24, 2.45) is 0 Å². The molecule has 0 atom stereocenters. The summed E-state index contributed by atoms with van der Waals surface area (Å²) in [6.07, 6.45) is 5.65. The molecular formula is C9H11NO3. The number of aromatic carboxylic acids is 1. The molecule has 0 bridgehead atoms. The van der Waals surface area contributed by atoms with Crippen LogP contribution in [0.4, 0.5) is 0 Å². The van der Waals surface area contributed by atoms with Crippen LogP contribution in [0.15, 0.2) is 16.7 Å². The van der Waals surface area contributed by atoms with Crippen LogP contribution in [-0.4, -0.2) is 16.2 Å². The lowest BCUT2D eigenvalue weighted by atomic mass is 10.3. The number of carboxylic acids is 1. The van der Waals surface area contributed by atoms with Gasteiger partial charge in [0.15, 0.2) is 11.5 Å². The fraction of sp³-hybridized carbons (Fsp3) is 0.333. The third-order valence-corrected chi connectivity index (χ3v) is 1.48. The van der Waals surface area contributed by atoms with E-state index < -0.39 is 5.97 Å². The van der Waals surface area contributed by atoms with Crippen molar-refractivity contribution in [3.05, 3.63) is 23.6 Å². The minimum Gasteiger partial charge on any atom is -0.476 e. The van der Waals surface area contributed by atoms with E-state index in [9.17, 15) is 4.79 Å². The molecule has 0 amide bonds. The highest BCUT2D eigenvalue weighted by atomic mass is 16.5. The molecule has 1 rings (SSSR count). The molecule has 0 radical (unpaired) electrons. The highest BCUT2D eigenvalue weighted by Crippen LogP contribution is 2.06. The van der Waals surface area contributed by atoms with Crippen LogP contribution in [-0.2, 0) is 0 Å². The van der Waals surface area contributed by atoms with Crippen molar-refractivity contribution in [2.75, 3.05) is 0 Å². The SMILES string of the molecule is CCC/C=C/c1cc(C(=O)O)no1. The monoisotopic (exact) mass is 181 g/mol. The Morgan fingerprint density at radius 1 is 1.77 bits per heavy atom. The maximum absolute atomic E-state index is 10.4. The van der Waals surface area contributed by atoms with Gasteiger partial charge < -0.3 is 9.63 Å². The van der Waals surface area contributed by atoms with Crippen molar-refractivity contribution in [1.29, 1.82) is 0 Å². The Morgan fingerprint density at radius 2 is 2.54 bits per heavy atom. The fourth-order valence-corrected chi connectivity index (χ4v) is 0.835. The number of hydrogen-bond acceptors (Lipinski definition) is 3. The summed E-state index contributed by atoms with van der Waals surface area (Å²) < 4.78 is 4.75. The predicted octanol–water partition coefficient (Wildman–Crippen LogP) is 2.19. The van der Waals surface area contributed by atoms with Crippen LogP contribution in [0.2, 0.25) is 0 Å². The van der Waals surface area contributed by atoms with Crippen LogP contribution >= 0.6 is 0 Å². The van der Waals surface area contributed by atoms with Crippen LogP contribution in [0.5, 0.6) is 0 Å². The zero-order valence-electron chi connectivity index (χ0n) is 7.36. The Hall–Kier alpha value is -1.58. The summed E-state index contributed by atoms with van der Waals surface area (Å²) in [5.74, 6) is -0.593. The number of aromatic nitrogens is 1. The first-order chi connectivity index (χ1) is 6.24. The molecule has 1 aromatic heterocycles. The second-order valence-electron chi connectivity index (χ2n) is 2.61. The molecule has 0 aliphatic heterocycles. The molecule has 4 heteroatoms. The van der Waals surface area contributed by atoms with E-state index in [2.05, 4.69) is 12.1 Å². The molecular weight excluding hydrogens is 170 g/mol. The average molecular weight is 181 g/mol. The summed E-state index contributed by atoms with van der Waals surface area (Å²) in [6, 6.07) is 1.40. The molecule has 0 fully saturated rings. The first kappa shape index (κ1) is 9.51. The van der Waals surface area contributed by atoms with Gasteiger partial charge in [-0.3, -0.25) is 0 Å². The van der Waals surface area contributed by atoms with E-state index in [-0.39, 0.29) is 5.69 Å². The van der Waals surface area contributed by atoms with Crippen molar-refractivity contribution >= 4 is 12.0 Å². The molecule has 1 aromatic rings. The van der Waals surface area contributed by atoms with Crippen LogP contribution in [0, 0.1) is 0 Å². The zero-order valence-corrected chi connectivity index (χ0v) is 7.36. The highest BCUT2D eigenvalue weighted by Gasteiger charge is 2.07. The van der Waals surface area contributed by atoms with Gasteiger partial charge in [-0.25, -0.2) is 4.79 Å². The molecule has 0 spiro atoms. The number of rotatable bonds is 4. The number of hydrogen-bond donors (Lipinski definition) is 1. The van der Waals surface area contributed by atoms with Crippen LogP contribution in [0.25, 0.3) is 6.08 Å². The van der Waals surface area contributed by atoms with Gasteiger partial charge >= 0.3 is 5.97 Å². The van der Waals surface area contributed by atoms with E-state index in [0.717, 1.165) is 12.8 Å². The van der Waals surface area contributed by atoms with Crippen molar-refractivity contribution in [3.63, 3.8) is 0 Å². The van der Waals surface area contributed by atoms with E-state index >= 15 is 0 Å². The maximum atomic E-state index is 10.4. The van der Waals surface area contributed by atoms with Crippen molar-refractivity contribution in [1.82, 2.24) is 5.16 Å². The van der Waals surface area contributed by atoms with Crippen LogP contribution < -0.4 is 0 Å². The first-order valence-electron chi connectivity index (χ1n) is 4.10. The molecule has 1 heterocycles. The predicted molar refractivity (Wildman–Crippen MR) is 47.4 cm³/mol. The van der Waals surface area contributed by atoms with Gasteiger partial charge in [0.2, 0.25) is 0 Å². The lowest BCUT2D eigenvalue weighted by Gasteiger charge is -1.81. The zero-order chi connectivity index (χ0) is 9.68. The second kappa shape index (κ2) is 4.45. The highest BCUT2D eigenvalue weighted by molar-refractivity contribution is 5.85. The van der Waals surface area contributed by atoms with Gasteiger partial charge in [0.05, 0.1) is 0 Å². The van der Waals surface area contributed by atoms with Gasteiger partial charge in [0.1, 0.15) is 0 Å². The molecule has 70 valence electrons. The molecule has 0 saturated carbocycles. The Balaban J connectivity index is 2.64. The quantitative estimate of drug-likeness (QED) is 0.773. The fourth-order valence-electron chi connectivity index (χ4n) is 0.835. The summed E-state index contributed by atoms with van der Waals surface area (Å²) in [5.41, 5.74) is -0.0591. The van der Waals surface area contributed by atoms with Crippen molar-refractivity contribution in [2.45, 2.75) is 19.8 Å². The average Bonchev–Trinajstić information content (AvgIpc) is 2.53. The lowest BCUT2D eigenvalue weighted by Crippen LogP contribution is -1.94. The summed E-state index contributed by atoms with van der Waals surface area (Å²) in [6.45, 7) is 2.06. The normalized spacial score (nSPS) is 10.8. The minimum absolute atomic E-state index is 0.0591. The van der Waals surface area contributed by atoms with E-state index in [1.807, 2.05) is 6.08 Å². The number of carboxylic acid groups (broad SMARTS) is 1. The Bertz CT molecular complexity index is 314. The van der Waals surface area contributed by atoms with Gasteiger partial charge in [0.25, 0.3) is 0 Å². The Morgan fingerprint density at radius 3 is 3.08 bits per heavy atom. The van der Waals surface area contributed by atoms with E-state index in [1.54, 1.807) is 6.08 Å². The maximum Gasteiger partial charge on any atom is 0.358 e. The largest absolute Gasteiger partial charge is 0.476 e. The lowest BCUT2D eigenvalue weighted by molar-refractivity contribution is 0.0685. The number of carbonyl (C=O) groups is 1. The van der Waals surface area contributed by atoms with Gasteiger partial charge in [-0.2, -0.15) is 0 Å². The summed E-state index contributed by atoms with van der Waals surface area (Å²) in [4.78, 5) is 10.4. The summed E-state index contributed by atoms with van der Waals surface area (Å²) in [7, 11) is 0. The van der Waals surface area contributed by atoms with E-state index in [1.165, 1.54) is 6.07 Å². The van der Waals surface area contributed by atoms with E-state index in [4.69, 9.17) is 9.63 Å². The second-order valence-corrected chi connectivity index (χ2v) is 2.61. The van der Waals surface area contributed by atoms with E-state index in [0.29, 0.717) is 5.76 Å². The molecule has 0 aliphatic carbocycles. The minimum atomic E-state index is -1.07. The van der Waals surface area contributed by atoms with Crippen LogP contribution in [0.1, 0.15) is 36.0 Å². The van der Waals surface area contributed by atoms with Crippen molar-refractivity contribution in [3.8, 4) is 0 Å². The molecule has 0 saturated heterocycles. The van der Waals surface area contributed by atoms with Gasteiger partial charge in [-0.15, -0.1) is 0 Å². The topological polar surface area (TPSA) is 63.3 Å². The Labute approximate surface area is 75.9 Å². The third kappa shape index (κ3) is 2.74. The van der Waals surface area contributed by atoms with Crippen molar-refractivity contribution < 1.29 is 14.4 Å². The molecule has 13 heavy (non-hydrogen) atoms. The number of nitrogens with zero attached hydrogens (tertiary/aromatic N) is 1. The van der Waals surface area contributed by atoms with Crippen LogP contribution in [0.3, 0.4) is 0 Å². The van der Waals surface area contributed by atoms with Gasteiger partial charge in [0, 0.05) is 6.07 Å². The standard InChI is InChI=1S/C9H11NO3/c1-2-3-4-5-7-6-8(9(11)12)10-13-7/h4-6H,2-3H2,1H3,(H,11,12)/b5-4+. The summed E-state index contributed by atoms with van der Waals surface area (Å²) in [5, 5.41) is 11.9. The number of allylic oxidation sites excluding steroid dienone is 1.